The molecule has 1 aromatic carbocycles. The first-order valence-electron chi connectivity index (χ1n) is 5.96. The van der Waals surface area contributed by atoms with E-state index in [0.717, 1.165) is 0 Å². The van der Waals surface area contributed by atoms with Crippen LogP contribution in [0.25, 0.3) is 0 Å². The highest BCUT2D eigenvalue weighted by Gasteiger charge is 2.10. The van der Waals surface area contributed by atoms with Crippen molar-refractivity contribution in [3.05, 3.63) is 29.8 Å². The average Bonchev–Trinajstić information content (AvgIpc) is 2.47. The summed E-state index contributed by atoms with van der Waals surface area (Å²) in [6.45, 7) is -0.294. The molecule has 0 radical (unpaired) electrons. The number of ether oxygens (including phenoxy) is 1. The molecule has 0 heterocycles. The SMILES string of the molecule is COC(=O)CNCC(=O)O.O=Cc1ccc(OB(O)O)cc1. The third-order valence-electron chi connectivity index (χ3n) is 2.03. The van der Waals surface area contributed by atoms with Crippen molar-refractivity contribution in [2.45, 2.75) is 0 Å². The van der Waals surface area contributed by atoms with Crippen LogP contribution in [0.3, 0.4) is 0 Å². The minimum Gasteiger partial charge on any atom is -0.512 e. The van der Waals surface area contributed by atoms with Gasteiger partial charge >= 0.3 is 19.3 Å². The molecule has 0 amide bonds. The van der Waals surface area contributed by atoms with Crippen LogP contribution in [0.5, 0.6) is 5.75 Å². The molecule has 0 aliphatic rings. The van der Waals surface area contributed by atoms with Crippen LogP contribution in [-0.4, -0.2) is 60.9 Å². The minimum absolute atomic E-state index is 0.0667. The number of carbonyl (C=O) groups is 3. The fraction of sp³-hybridized carbons (Fsp3) is 0.250. The topological polar surface area (TPSA) is 142 Å². The van der Waals surface area contributed by atoms with Gasteiger partial charge in [-0.2, -0.15) is 0 Å². The van der Waals surface area contributed by atoms with Crippen molar-refractivity contribution in [3.63, 3.8) is 0 Å². The Kier molecular flexibility index (Phi) is 10.0. The van der Waals surface area contributed by atoms with Crippen molar-refractivity contribution in [2.24, 2.45) is 0 Å². The summed E-state index contributed by atoms with van der Waals surface area (Å²) in [6, 6.07) is 5.99. The van der Waals surface area contributed by atoms with Gasteiger partial charge in [0.05, 0.1) is 20.2 Å². The number of benzene rings is 1. The van der Waals surface area contributed by atoms with Crippen molar-refractivity contribution in [1.29, 1.82) is 0 Å². The van der Waals surface area contributed by atoms with Crippen molar-refractivity contribution >= 4 is 25.5 Å². The number of methoxy groups -OCH3 is 1. The molecule has 0 saturated carbocycles. The Morgan fingerprint density at radius 2 is 1.82 bits per heavy atom. The molecule has 0 unspecified atom stereocenters. The first-order chi connectivity index (χ1) is 10.4. The molecular formula is C12H16BNO8. The van der Waals surface area contributed by atoms with E-state index in [-0.39, 0.29) is 13.1 Å². The van der Waals surface area contributed by atoms with E-state index in [0.29, 0.717) is 17.6 Å². The summed E-state index contributed by atoms with van der Waals surface area (Å²) in [5.41, 5.74) is 0.509. The molecule has 0 fully saturated rings. The molecule has 9 nitrogen and oxygen atoms in total. The van der Waals surface area contributed by atoms with E-state index in [1.54, 1.807) is 0 Å². The lowest BCUT2D eigenvalue weighted by Crippen LogP contribution is -2.28. The summed E-state index contributed by atoms with van der Waals surface area (Å²) in [4.78, 5) is 30.4. The van der Waals surface area contributed by atoms with E-state index < -0.39 is 19.3 Å². The van der Waals surface area contributed by atoms with Gasteiger partial charge in [-0.05, 0) is 24.3 Å². The predicted octanol–water partition coefficient (Wildman–Crippen LogP) is -1.32. The maximum Gasteiger partial charge on any atom is 0.707 e. The lowest BCUT2D eigenvalue weighted by molar-refractivity contribution is -0.140. The Balaban J connectivity index is 0.000000409. The second-order valence-corrected chi connectivity index (χ2v) is 3.70. The van der Waals surface area contributed by atoms with E-state index >= 15 is 0 Å². The standard InChI is InChI=1S/C7H7BO4.C5H9NO4/c9-5-6-1-3-7(4-2-6)12-8(10)11;1-10-5(9)3-6-2-4(7)8/h1-5,10-11H;6H,2-3H2,1H3,(H,7,8). The van der Waals surface area contributed by atoms with Crippen LogP contribution in [0.1, 0.15) is 10.4 Å². The molecule has 10 heteroatoms. The highest BCUT2D eigenvalue weighted by atomic mass is 16.6. The van der Waals surface area contributed by atoms with Gasteiger partial charge in [-0.3, -0.25) is 19.7 Å². The molecule has 0 atom stereocenters. The normalized spacial score (nSPS) is 9.05. The van der Waals surface area contributed by atoms with E-state index in [1.807, 2.05) is 0 Å². The molecule has 0 aliphatic heterocycles. The molecule has 1 rings (SSSR count). The van der Waals surface area contributed by atoms with Crippen molar-refractivity contribution in [3.8, 4) is 5.75 Å². The minimum atomic E-state index is -1.83. The third-order valence-corrected chi connectivity index (χ3v) is 2.03. The van der Waals surface area contributed by atoms with E-state index in [4.69, 9.17) is 15.2 Å². The molecule has 0 bridgehead atoms. The number of esters is 1. The van der Waals surface area contributed by atoms with Crippen LogP contribution in [0, 0.1) is 0 Å². The Morgan fingerprint density at radius 3 is 2.23 bits per heavy atom. The second kappa shape index (κ2) is 11.3. The number of carbonyl (C=O) groups excluding carboxylic acids is 2. The smallest absolute Gasteiger partial charge is 0.512 e. The zero-order chi connectivity index (χ0) is 17.0. The number of hydrogen-bond donors (Lipinski definition) is 4. The molecule has 1 aromatic rings. The second-order valence-electron chi connectivity index (χ2n) is 3.70. The lowest BCUT2D eigenvalue weighted by Gasteiger charge is -2.02. The largest absolute Gasteiger partial charge is 0.707 e. The lowest BCUT2D eigenvalue weighted by atomic mass is 10.2. The number of aldehydes is 1. The fourth-order valence-corrected chi connectivity index (χ4v) is 1.09. The zero-order valence-electron chi connectivity index (χ0n) is 11.8. The summed E-state index contributed by atoms with van der Waals surface area (Å²) >= 11 is 0. The van der Waals surface area contributed by atoms with Crippen LogP contribution in [0.2, 0.25) is 0 Å². The number of carboxylic acid groups (broad SMARTS) is 1. The van der Waals surface area contributed by atoms with Gasteiger partial charge in [0.1, 0.15) is 12.0 Å². The van der Waals surface area contributed by atoms with Crippen LogP contribution in [0.4, 0.5) is 0 Å². The summed E-state index contributed by atoms with van der Waals surface area (Å²) in [6.07, 6.45) is 0.694. The van der Waals surface area contributed by atoms with Gasteiger partial charge in [-0.15, -0.1) is 0 Å². The quantitative estimate of drug-likeness (QED) is 0.274. The molecule has 120 valence electrons. The van der Waals surface area contributed by atoms with Crippen LogP contribution < -0.4 is 9.97 Å². The number of hydrogen-bond acceptors (Lipinski definition) is 8. The van der Waals surface area contributed by atoms with Crippen molar-refractivity contribution < 1.29 is 38.9 Å². The van der Waals surface area contributed by atoms with Crippen LogP contribution in [0.15, 0.2) is 24.3 Å². The Morgan fingerprint density at radius 1 is 1.23 bits per heavy atom. The Hall–Kier alpha value is -2.43. The van der Waals surface area contributed by atoms with Gasteiger partial charge in [0.15, 0.2) is 0 Å². The first-order valence-corrected chi connectivity index (χ1v) is 5.96. The van der Waals surface area contributed by atoms with Gasteiger partial charge in [-0.25, -0.2) is 0 Å². The van der Waals surface area contributed by atoms with Gasteiger partial charge in [0.2, 0.25) is 0 Å². The average molecular weight is 313 g/mol. The summed E-state index contributed by atoms with van der Waals surface area (Å²) in [7, 11) is -0.586. The maximum atomic E-state index is 10.3. The van der Waals surface area contributed by atoms with E-state index in [9.17, 15) is 14.4 Å². The molecular weight excluding hydrogens is 297 g/mol. The third kappa shape index (κ3) is 10.4. The molecule has 0 aromatic heterocycles. The molecule has 0 saturated heterocycles. The molecule has 0 aliphatic carbocycles. The fourth-order valence-electron chi connectivity index (χ4n) is 1.09. The van der Waals surface area contributed by atoms with Gasteiger partial charge < -0.3 is 24.5 Å². The predicted molar refractivity (Wildman–Crippen MR) is 75.2 cm³/mol. The molecule has 22 heavy (non-hydrogen) atoms. The van der Waals surface area contributed by atoms with Crippen LogP contribution >= 0.6 is 0 Å². The first kappa shape index (κ1) is 19.6. The Labute approximate surface area is 126 Å². The molecule has 0 spiro atoms. The number of nitrogens with one attached hydrogen (secondary N) is 1. The maximum absolute atomic E-state index is 10.3. The summed E-state index contributed by atoms with van der Waals surface area (Å²) in [5.74, 6) is -1.17. The zero-order valence-corrected chi connectivity index (χ0v) is 11.8. The highest BCUT2D eigenvalue weighted by Crippen LogP contribution is 2.10. The van der Waals surface area contributed by atoms with E-state index in [2.05, 4.69) is 14.7 Å². The highest BCUT2D eigenvalue weighted by molar-refractivity contribution is 6.33. The number of carboxylic acids is 1. The van der Waals surface area contributed by atoms with Gasteiger partial charge in [0, 0.05) is 5.56 Å². The summed E-state index contributed by atoms with van der Waals surface area (Å²) in [5, 5.41) is 27.2. The monoisotopic (exact) mass is 313 g/mol. The van der Waals surface area contributed by atoms with Crippen LogP contribution in [-0.2, 0) is 14.3 Å². The number of aliphatic carboxylic acids is 1. The van der Waals surface area contributed by atoms with E-state index in [1.165, 1.54) is 31.4 Å². The number of rotatable bonds is 7. The van der Waals surface area contributed by atoms with Gasteiger partial charge in [0.25, 0.3) is 0 Å². The Bertz CT molecular complexity index is 477. The summed E-state index contributed by atoms with van der Waals surface area (Å²) < 4.78 is 8.75. The van der Waals surface area contributed by atoms with Crippen molar-refractivity contribution in [1.82, 2.24) is 5.32 Å². The van der Waals surface area contributed by atoms with Crippen molar-refractivity contribution in [2.75, 3.05) is 20.2 Å². The van der Waals surface area contributed by atoms with Gasteiger partial charge in [-0.1, -0.05) is 0 Å². The molecule has 4 N–H and O–H groups in total.